The minimum atomic E-state index is -4.59. The average molecular weight is 538 g/mol. The highest BCUT2D eigenvalue weighted by atomic mass is 35.5. The molecule has 0 aromatic heterocycles. The highest BCUT2D eigenvalue weighted by molar-refractivity contribution is 7.60. The van der Waals surface area contributed by atoms with E-state index in [0.717, 1.165) is 6.07 Å². The second-order valence-electron chi connectivity index (χ2n) is 6.24. The van der Waals surface area contributed by atoms with Crippen molar-refractivity contribution < 1.29 is 26.4 Å². The molecule has 33 heavy (non-hydrogen) atoms. The fourth-order valence-electron chi connectivity index (χ4n) is 2.62. The molecule has 0 saturated carbocycles. The Morgan fingerprint density at radius 1 is 0.939 bits per heavy atom. The van der Waals surface area contributed by atoms with Crippen molar-refractivity contribution >= 4 is 51.0 Å². The van der Waals surface area contributed by atoms with Gasteiger partial charge in [-0.3, -0.25) is 0 Å². The van der Waals surface area contributed by atoms with Crippen molar-refractivity contribution in [1.82, 2.24) is 0 Å². The highest BCUT2D eigenvalue weighted by Gasteiger charge is 2.35. The number of hydrogen-bond acceptors (Lipinski definition) is 5. The summed E-state index contributed by atoms with van der Waals surface area (Å²) < 4.78 is 63.5. The lowest BCUT2D eigenvalue weighted by Gasteiger charge is -2.15. The third-order valence-electron chi connectivity index (χ3n) is 3.98. The Hall–Kier alpha value is -2.59. The predicted molar refractivity (Wildman–Crippen MR) is 121 cm³/mol. The normalized spacial score (nSPS) is 11.4. The van der Waals surface area contributed by atoms with Gasteiger partial charge in [0.25, 0.3) is 0 Å². The molecule has 0 radical (unpaired) electrons. The van der Waals surface area contributed by atoms with Crippen LogP contribution in [0.4, 0.5) is 13.2 Å². The van der Waals surface area contributed by atoms with Gasteiger partial charge in [0, 0.05) is 31.8 Å². The van der Waals surface area contributed by atoms with E-state index in [2.05, 4.69) is 5.16 Å². The Labute approximate surface area is 203 Å². The summed E-state index contributed by atoms with van der Waals surface area (Å²) >= 11 is 17.9. The number of rotatable bonds is 5. The molecule has 3 aromatic carbocycles. The Morgan fingerprint density at radius 2 is 1.52 bits per heavy atom. The molecule has 1 N–H and O–H groups in total. The molecule has 0 aliphatic rings. The highest BCUT2D eigenvalue weighted by Crippen LogP contribution is 2.34. The standard InChI is InChI=1S/C21H13Cl3F3NO.HNO2S/c22-15-8-9-18(21(25,26)27)17(10-15)20(13-4-2-1-3-5-13)28-29-12-14-6-7-16(23)11-19(14)24;1-4(2)3/h1-11H,12H2;1H/b28-20+;. The number of halogens is 6. The molecule has 0 unspecified atom stereocenters. The largest absolute Gasteiger partial charge is 0.417 e. The van der Waals surface area contributed by atoms with Crippen LogP contribution in [0.1, 0.15) is 22.3 Å². The van der Waals surface area contributed by atoms with Gasteiger partial charge in [-0.2, -0.15) is 26.4 Å². The summed E-state index contributed by atoms with van der Waals surface area (Å²) in [6.45, 7) is -0.0474. The van der Waals surface area contributed by atoms with Crippen LogP contribution in [0.3, 0.4) is 0 Å². The SMILES string of the molecule is FC(F)(F)c1ccc(Cl)cc1/C(=N/OCc1ccc(Cl)cc1Cl)c1ccccc1.N=S(=O)=O. The first-order chi connectivity index (χ1) is 15.5. The van der Waals surface area contributed by atoms with Crippen LogP contribution in [-0.4, -0.2) is 14.1 Å². The van der Waals surface area contributed by atoms with Crippen molar-refractivity contribution in [3.05, 3.63) is 104 Å². The number of hydrogen-bond donors (Lipinski definition) is 1. The van der Waals surface area contributed by atoms with Crippen LogP contribution < -0.4 is 0 Å². The Kier molecular flexibility index (Phi) is 9.72. The van der Waals surface area contributed by atoms with E-state index in [0.29, 0.717) is 21.2 Å². The molecule has 12 heteroatoms. The molecular formula is C21H14Cl3F3N2O3S. The molecule has 0 fully saturated rings. The number of oxime groups is 1. The van der Waals surface area contributed by atoms with E-state index < -0.39 is 22.2 Å². The summed E-state index contributed by atoms with van der Waals surface area (Å²) in [5, 5.41) is 4.98. The second kappa shape index (κ2) is 12.0. The van der Waals surface area contributed by atoms with Crippen LogP contribution in [0.5, 0.6) is 0 Å². The molecule has 3 aromatic rings. The van der Waals surface area contributed by atoms with Gasteiger partial charge in [0.1, 0.15) is 12.3 Å². The van der Waals surface area contributed by atoms with Gasteiger partial charge in [-0.05, 0) is 30.3 Å². The quantitative estimate of drug-likeness (QED) is 0.275. The molecule has 0 spiro atoms. The second-order valence-corrected chi connectivity index (χ2v) is 7.99. The minimum Gasteiger partial charge on any atom is -0.390 e. The van der Waals surface area contributed by atoms with Gasteiger partial charge in [0.2, 0.25) is 0 Å². The first kappa shape index (κ1) is 26.7. The zero-order valence-corrected chi connectivity index (χ0v) is 19.5. The number of alkyl halides is 3. The molecule has 0 aliphatic carbocycles. The number of nitrogens with zero attached hydrogens (tertiary/aromatic N) is 1. The first-order valence-corrected chi connectivity index (χ1v) is 11.1. The van der Waals surface area contributed by atoms with Crippen molar-refractivity contribution in [1.29, 1.82) is 4.78 Å². The van der Waals surface area contributed by atoms with E-state index >= 15 is 0 Å². The summed E-state index contributed by atoms with van der Waals surface area (Å²) in [5.74, 6) is 0. The molecule has 0 amide bonds. The van der Waals surface area contributed by atoms with E-state index in [1.807, 2.05) is 0 Å². The van der Waals surface area contributed by atoms with Crippen molar-refractivity contribution in [3.63, 3.8) is 0 Å². The van der Waals surface area contributed by atoms with Crippen LogP contribution in [0.25, 0.3) is 0 Å². The third-order valence-corrected chi connectivity index (χ3v) is 4.80. The topological polar surface area (TPSA) is 79.6 Å². The van der Waals surface area contributed by atoms with Gasteiger partial charge in [0.15, 0.2) is 0 Å². The predicted octanol–water partition coefficient (Wildman–Crippen LogP) is 7.26. The minimum absolute atomic E-state index is 0.00510. The summed E-state index contributed by atoms with van der Waals surface area (Å²) in [5.41, 5.74) is -0.00150. The summed E-state index contributed by atoms with van der Waals surface area (Å²) in [4.78, 5) is 5.37. The van der Waals surface area contributed by atoms with Crippen molar-refractivity contribution in [2.45, 2.75) is 12.8 Å². The van der Waals surface area contributed by atoms with Crippen molar-refractivity contribution in [3.8, 4) is 0 Å². The fraction of sp³-hybridized carbons (Fsp3) is 0.0952. The van der Waals surface area contributed by atoms with Gasteiger partial charge in [-0.1, -0.05) is 76.4 Å². The van der Waals surface area contributed by atoms with E-state index in [1.165, 1.54) is 12.1 Å². The van der Waals surface area contributed by atoms with Gasteiger partial charge >= 0.3 is 16.7 Å². The van der Waals surface area contributed by atoms with E-state index in [9.17, 15) is 13.2 Å². The molecular weight excluding hydrogens is 524 g/mol. The molecule has 0 bridgehead atoms. The van der Waals surface area contributed by atoms with E-state index in [-0.39, 0.29) is 22.9 Å². The smallest absolute Gasteiger partial charge is 0.390 e. The molecule has 174 valence electrons. The Balaban J connectivity index is 0.000000890. The van der Waals surface area contributed by atoms with Crippen LogP contribution in [0.2, 0.25) is 15.1 Å². The molecule has 0 aliphatic heterocycles. The number of benzene rings is 3. The average Bonchev–Trinajstić information content (AvgIpc) is 2.72. The van der Waals surface area contributed by atoms with E-state index in [4.69, 9.17) is 52.8 Å². The summed E-state index contributed by atoms with van der Waals surface area (Å²) in [7, 11) is -2.61. The Morgan fingerprint density at radius 3 is 2.09 bits per heavy atom. The Bertz CT molecular complexity index is 1250. The van der Waals surface area contributed by atoms with Crippen LogP contribution in [0.15, 0.2) is 71.9 Å². The lowest BCUT2D eigenvalue weighted by Crippen LogP contribution is -2.15. The lowest BCUT2D eigenvalue weighted by molar-refractivity contribution is -0.137. The van der Waals surface area contributed by atoms with Crippen molar-refractivity contribution in [2.24, 2.45) is 5.16 Å². The zero-order valence-electron chi connectivity index (χ0n) is 16.4. The summed E-state index contributed by atoms with van der Waals surface area (Å²) in [6.07, 6.45) is -4.59. The zero-order chi connectivity index (χ0) is 24.6. The molecule has 0 saturated heterocycles. The third kappa shape index (κ3) is 8.36. The molecule has 0 heterocycles. The monoisotopic (exact) mass is 536 g/mol. The molecule has 0 atom stereocenters. The van der Waals surface area contributed by atoms with E-state index in [1.54, 1.807) is 48.5 Å². The van der Waals surface area contributed by atoms with Crippen molar-refractivity contribution in [2.75, 3.05) is 0 Å². The first-order valence-electron chi connectivity index (χ1n) is 8.86. The van der Waals surface area contributed by atoms with Crippen LogP contribution in [0, 0.1) is 4.78 Å². The van der Waals surface area contributed by atoms with Gasteiger partial charge in [-0.15, -0.1) is 0 Å². The fourth-order valence-corrected chi connectivity index (χ4v) is 3.25. The van der Waals surface area contributed by atoms with Gasteiger partial charge in [-0.25, -0.2) is 0 Å². The number of nitrogens with one attached hydrogen (secondary N) is 1. The lowest BCUT2D eigenvalue weighted by atomic mass is 9.97. The van der Waals surface area contributed by atoms with Crippen LogP contribution >= 0.6 is 34.8 Å². The summed E-state index contributed by atoms with van der Waals surface area (Å²) in [6, 6.07) is 16.6. The molecule has 5 nitrogen and oxygen atoms in total. The van der Waals surface area contributed by atoms with Gasteiger partial charge < -0.3 is 4.84 Å². The molecule has 3 rings (SSSR count). The van der Waals surface area contributed by atoms with Crippen LogP contribution in [-0.2, 0) is 28.1 Å². The maximum atomic E-state index is 13.6. The van der Waals surface area contributed by atoms with Gasteiger partial charge in [0.05, 0.1) is 5.56 Å². The maximum Gasteiger partial charge on any atom is 0.417 e. The maximum absolute atomic E-state index is 13.6.